The molecule has 1 saturated carbocycles. The van der Waals surface area contributed by atoms with E-state index in [4.69, 9.17) is 9.47 Å². The van der Waals surface area contributed by atoms with Crippen LogP contribution in [0, 0.1) is 6.92 Å². The lowest BCUT2D eigenvalue weighted by Gasteiger charge is -2.18. The Bertz CT molecular complexity index is 758. The highest BCUT2D eigenvalue weighted by molar-refractivity contribution is 5.73. The highest BCUT2D eigenvalue weighted by Gasteiger charge is 2.17. The lowest BCUT2D eigenvalue weighted by atomic mass is 10.2. The molecule has 28 heavy (non-hydrogen) atoms. The number of carbonyl (C=O) groups is 1. The third-order valence-corrected chi connectivity index (χ3v) is 4.90. The van der Waals surface area contributed by atoms with E-state index < -0.39 is 0 Å². The van der Waals surface area contributed by atoms with Crippen LogP contribution >= 0.6 is 0 Å². The van der Waals surface area contributed by atoms with Gasteiger partial charge in [-0.1, -0.05) is 17.7 Å². The highest BCUT2D eigenvalue weighted by atomic mass is 16.5. The van der Waals surface area contributed by atoms with Crippen LogP contribution in [0.4, 0.5) is 4.79 Å². The number of aryl methyl sites for hydroxylation is 1. The van der Waals surface area contributed by atoms with Crippen LogP contribution in [0.3, 0.4) is 0 Å². The fourth-order valence-electron chi connectivity index (χ4n) is 3.15. The Kier molecular flexibility index (Phi) is 7.12. The van der Waals surface area contributed by atoms with Gasteiger partial charge in [-0.25, -0.2) is 9.78 Å². The molecule has 1 aromatic heterocycles. The van der Waals surface area contributed by atoms with Gasteiger partial charge in [-0.05, 0) is 56.4 Å². The van der Waals surface area contributed by atoms with Crippen molar-refractivity contribution in [1.82, 2.24) is 15.2 Å². The van der Waals surface area contributed by atoms with Crippen molar-refractivity contribution in [2.75, 3.05) is 20.2 Å². The maximum Gasteiger partial charge on any atom is 0.317 e. The molecule has 1 aliphatic carbocycles. The van der Waals surface area contributed by atoms with Crippen LogP contribution in [0.1, 0.15) is 36.8 Å². The monoisotopic (exact) mass is 383 g/mol. The summed E-state index contributed by atoms with van der Waals surface area (Å²) in [6.07, 6.45) is 6.64. The number of hydrogen-bond acceptors (Lipinski definition) is 4. The summed E-state index contributed by atoms with van der Waals surface area (Å²) in [6, 6.07) is 11.5. The largest absolute Gasteiger partial charge is 0.492 e. The molecular formula is C22H29N3O3. The van der Waals surface area contributed by atoms with Gasteiger partial charge in [-0.3, -0.25) is 0 Å². The van der Waals surface area contributed by atoms with Crippen LogP contribution in [0.2, 0.25) is 0 Å². The maximum absolute atomic E-state index is 12.3. The smallest absolute Gasteiger partial charge is 0.317 e. The molecule has 0 bridgehead atoms. The van der Waals surface area contributed by atoms with Crippen molar-refractivity contribution >= 4 is 6.03 Å². The number of ether oxygens (including phenoxy) is 2. The first-order valence-electron chi connectivity index (χ1n) is 9.90. The van der Waals surface area contributed by atoms with Gasteiger partial charge in [0.05, 0.1) is 6.54 Å². The number of rotatable bonds is 8. The Morgan fingerprint density at radius 3 is 2.71 bits per heavy atom. The average Bonchev–Trinajstić information content (AvgIpc) is 3.21. The van der Waals surface area contributed by atoms with E-state index in [1.54, 1.807) is 18.1 Å². The Morgan fingerprint density at radius 2 is 1.96 bits per heavy atom. The summed E-state index contributed by atoms with van der Waals surface area (Å²) in [5.41, 5.74) is 2.16. The van der Waals surface area contributed by atoms with Gasteiger partial charge in [0, 0.05) is 25.9 Å². The second kappa shape index (κ2) is 9.97. The summed E-state index contributed by atoms with van der Waals surface area (Å²) in [7, 11) is 1.76. The summed E-state index contributed by atoms with van der Waals surface area (Å²) in [5.74, 6) is 1.45. The predicted octanol–water partition coefficient (Wildman–Crippen LogP) is 3.93. The second-order valence-electron chi connectivity index (χ2n) is 7.27. The molecule has 1 heterocycles. The van der Waals surface area contributed by atoms with Crippen LogP contribution in [-0.4, -0.2) is 42.2 Å². The Hall–Kier alpha value is -2.76. The number of pyridine rings is 1. The van der Waals surface area contributed by atoms with Gasteiger partial charge in [-0.15, -0.1) is 0 Å². The molecule has 150 valence electrons. The van der Waals surface area contributed by atoms with E-state index in [1.165, 1.54) is 18.4 Å². The van der Waals surface area contributed by atoms with Gasteiger partial charge in [0.15, 0.2) is 0 Å². The molecule has 3 rings (SSSR count). The molecule has 1 N–H and O–H groups in total. The number of nitrogens with one attached hydrogen (secondary N) is 1. The van der Waals surface area contributed by atoms with Crippen molar-refractivity contribution in [2.45, 2.75) is 45.3 Å². The zero-order chi connectivity index (χ0) is 19.8. The van der Waals surface area contributed by atoms with Crippen molar-refractivity contribution in [2.24, 2.45) is 0 Å². The summed E-state index contributed by atoms with van der Waals surface area (Å²) in [4.78, 5) is 18.2. The molecule has 0 spiro atoms. The lowest BCUT2D eigenvalue weighted by Crippen LogP contribution is -2.39. The van der Waals surface area contributed by atoms with Crippen LogP contribution in [0.5, 0.6) is 11.6 Å². The number of nitrogens with zero attached hydrogens (tertiary/aromatic N) is 2. The highest BCUT2D eigenvalue weighted by Crippen LogP contribution is 2.23. The third-order valence-electron chi connectivity index (χ3n) is 4.90. The Balaban J connectivity index is 1.39. The lowest BCUT2D eigenvalue weighted by molar-refractivity contribution is 0.194. The number of carbonyl (C=O) groups excluding carboxylic acids is 1. The summed E-state index contributed by atoms with van der Waals surface area (Å²) in [6.45, 7) is 3.42. The second-order valence-corrected chi connectivity index (χ2v) is 7.27. The molecule has 1 fully saturated rings. The number of likely N-dealkylation sites (N-methyl/N-ethyl adjacent to an activating group) is 1. The van der Waals surface area contributed by atoms with Gasteiger partial charge >= 0.3 is 6.03 Å². The topological polar surface area (TPSA) is 63.7 Å². The van der Waals surface area contributed by atoms with Crippen LogP contribution in [0.25, 0.3) is 0 Å². The van der Waals surface area contributed by atoms with E-state index in [0.29, 0.717) is 25.6 Å². The van der Waals surface area contributed by atoms with Gasteiger partial charge < -0.3 is 19.7 Å². The first kappa shape index (κ1) is 20.0. The molecule has 6 heteroatoms. The molecule has 0 atom stereocenters. The van der Waals surface area contributed by atoms with Crippen molar-refractivity contribution in [3.8, 4) is 11.6 Å². The predicted molar refractivity (Wildman–Crippen MR) is 109 cm³/mol. The van der Waals surface area contributed by atoms with E-state index in [2.05, 4.69) is 10.3 Å². The first-order valence-corrected chi connectivity index (χ1v) is 9.90. The van der Waals surface area contributed by atoms with Crippen LogP contribution < -0.4 is 14.8 Å². The van der Waals surface area contributed by atoms with E-state index in [1.807, 2.05) is 43.3 Å². The average molecular weight is 383 g/mol. The van der Waals surface area contributed by atoms with Gasteiger partial charge in [-0.2, -0.15) is 0 Å². The number of urea groups is 1. The SMILES string of the molecule is Cc1ccc(OCCN(C)C(=O)NCc2ccnc(OC3CCCC3)c2)cc1. The number of amides is 2. The minimum atomic E-state index is -0.137. The molecule has 1 aromatic carbocycles. The van der Waals surface area contributed by atoms with Gasteiger partial charge in [0.25, 0.3) is 0 Å². The van der Waals surface area contributed by atoms with E-state index in [-0.39, 0.29) is 12.1 Å². The number of benzene rings is 1. The summed E-state index contributed by atoms with van der Waals surface area (Å²) < 4.78 is 11.6. The zero-order valence-electron chi connectivity index (χ0n) is 16.7. The normalized spacial score (nSPS) is 13.9. The zero-order valence-corrected chi connectivity index (χ0v) is 16.7. The van der Waals surface area contributed by atoms with Gasteiger partial charge in [0.2, 0.25) is 5.88 Å². The van der Waals surface area contributed by atoms with E-state index in [9.17, 15) is 4.79 Å². The van der Waals surface area contributed by atoms with Crippen molar-refractivity contribution in [3.05, 3.63) is 53.7 Å². The number of aromatic nitrogens is 1. The van der Waals surface area contributed by atoms with Crippen molar-refractivity contribution in [3.63, 3.8) is 0 Å². The van der Waals surface area contributed by atoms with Crippen LogP contribution in [0.15, 0.2) is 42.6 Å². The van der Waals surface area contributed by atoms with E-state index in [0.717, 1.165) is 24.2 Å². The maximum atomic E-state index is 12.3. The summed E-state index contributed by atoms with van der Waals surface area (Å²) >= 11 is 0. The molecule has 0 saturated heterocycles. The van der Waals surface area contributed by atoms with Crippen LogP contribution in [-0.2, 0) is 6.54 Å². The minimum Gasteiger partial charge on any atom is -0.492 e. The molecule has 1 aliphatic rings. The fraction of sp³-hybridized carbons (Fsp3) is 0.455. The van der Waals surface area contributed by atoms with Gasteiger partial charge in [0.1, 0.15) is 18.5 Å². The standard InChI is InChI=1S/C22H29N3O3/c1-17-7-9-19(10-8-17)27-14-13-25(2)22(26)24-16-18-11-12-23-21(15-18)28-20-5-3-4-6-20/h7-12,15,20H,3-6,13-14,16H2,1-2H3,(H,24,26). The molecule has 0 unspecified atom stereocenters. The third kappa shape index (κ3) is 6.15. The molecule has 6 nitrogen and oxygen atoms in total. The minimum absolute atomic E-state index is 0.137. The molecule has 2 aromatic rings. The fourth-order valence-corrected chi connectivity index (χ4v) is 3.15. The molecule has 0 radical (unpaired) electrons. The Morgan fingerprint density at radius 1 is 1.21 bits per heavy atom. The number of hydrogen-bond donors (Lipinski definition) is 1. The van der Waals surface area contributed by atoms with E-state index >= 15 is 0 Å². The Labute approximate surface area is 166 Å². The first-order chi connectivity index (χ1) is 13.6. The van der Waals surface area contributed by atoms with Crippen molar-refractivity contribution < 1.29 is 14.3 Å². The molecule has 2 amide bonds. The molecular weight excluding hydrogens is 354 g/mol. The molecule has 0 aliphatic heterocycles. The summed E-state index contributed by atoms with van der Waals surface area (Å²) in [5, 5.41) is 2.92. The quantitative estimate of drug-likeness (QED) is 0.750. The van der Waals surface area contributed by atoms with Crippen molar-refractivity contribution in [1.29, 1.82) is 0 Å².